The maximum Gasteiger partial charge on any atom is 0.296 e. The van der Waals surface area contributed by atoms with E-state index in [2.05, 4.69) is 5.32 Å². The molecule has 0 atom stereocenters. The van der Waals surface area contributed by atoms with Gasteiger partial charge in [0.25, 0.3) is 5.69 Å². The molecule has 0 heterocycles. The normalized spacial score (nSPS) is 16.9. The predicted octanol–water partition coefficient (Wildman–Crippen LogP) is 1.76. The molecule has 1 aliphatic rings. The molecule has 1 aromatic rings. The molecular weight excluding hydrogens is 262 g/mol. The fourth-order valence-electron chi connectivity index (χ4n) is 2.61. The standard InChI is InChI=1S/C13H17N3O4/c14-8-13(5-1-2-6-13)12(18)15-10-4-3-9(17)7-11(10)16(19)20/h3-4,7,17H,1-2,5-6,8,14H2,(H,15,18). The number of anilines is 1. The highest BCUT2D eigenvalue weighted by atomic mass is 16.6. The van der Waals surface area contributed by atoms with E-state index >= 15 is 0 Å². The first kappa shape index (κ1) is 14.3. The summed E-state index contributed by atoms with van der Waals surface area (Å²) in [6, 6.07) is 3.64. The van der Waals surface area contributed by atoms with E-state index in [0.717, 1.165) is 18.9 Å². The van der Waals surface area contributed by atoms with Gasteiger partial charge >= 0.3 is 0 Å². The quantitative estimate of drug-likeness (QED) is 0.441. The lowest BCUT2D eigenvalue weighted by Crippen LogP contribution is -2.40. The molecule has 2 rings (SSSR count). The molecule has 0 saturated heterocycles. The molecule has 0 spiro atoms. The average molecular weight is 279 g/mol. The van der Waals surface area contributed by atoms with Gasteiger partial charge in [-0.1, -0.05) is 12.8 Å². The monoisotopic (exact) mass is 279 g/mol. The maximum absolute atomic E-state index is 12.4. The van der Waals surface area contributed by atoms with Crippen molar-refractivity contribution in [2.24, 2.45) is 11.1 Å². The van der Waals surface area contributed by atoms with Gasteiger partial charge in [0.15, 0.2) is 0 Å². The third-order valence-corrected chi connectivity index (χ3v) is 3.86. The Kier molecular flexibility index (Phi) is 3.89. The summed E-state index contributed by atoms with van der Waals surface area (Å²) in [4.78, 5) is 22.7. The maximum atomic E-state index is 12.4. The molecule has 7 heteroatoms. The summed E-state index contributed by atoms with van der Waals surface area (Å²) >= 11 is 0. The van der Waals surface area contributed by atoms with Crippen LogP contribution in [0.2, 0.25) is 0 Å². The smallest absolute Gasteiger partial charge is 0.296 e. The second-order valence-corrected chi connectivity index (χ2v) is 5.10. The van der Waals surface area contributed by atoms with Gasteiger partial charge in [0, 0.05) is 6.54 Å². The van der Waals surface area contributed by atoms with E-state index in [-0.39, 0.29) is 29.6 Å². The first-order valence-electron chi connectivity index (χ1n) is 6.47. The van der Waals surface area contributed by atoms with Crippen LogP contribution in [0, 0.1) is 15.5 Å². The molecule has 1 fully saturated rings. The lowest BCUT2D eigenvalue weighted by Gasteiger charge is -2.25. The zero-order valence-electron chi connectivity index (χ0n) is 11.0. The van der Waals surface area contributed by atoms with Crippen molar-refractivity contribution in [3.63, 3.8) is 0 Å². The second-order valence-electron chi connectivity index (χ2n) is 5.10. The summed E-state index contributed by atoms with van der Waals surface area (Å²) in [6.07, 6.45) is 3.26. The number of nitrogens with zero attached hydrogens (tertiary/aromatic N) is 1. The summed E-state index contributed by atoms with van der Waals surface area (Å²) in [6.45, 7) is 0.227. The molecule has 108 valence electrons. The van der Waals surface area contributed by atoms with E-state index in [1.54, 1.807) is 0 Å². The van der Waals surface area contributed by atoms with Crippen molar-refractivity contribution < 1.29 is 14.8 Å². The van der Waals surface area contributed by atoms with Crippen LogP contribution in [0.4, 0.5) is 11.4 Å². The number of aromatic hydroxyl groups is 1. The zero-order valence-corrected chi connectivity index (χ0v) is 11.0. The highest BCUT2D eigenvalue weighted by Gasteiger charge is 2.40. The number of phenols is 1. The van der Waals surface area contributed by atoms with E-state index in [4.69, 9.17) is 5.73 Å². The van der Waals surface area contributed by atoms with Gasteiger partial charge in [-0.15, -0.1) is 0 Å². The zero-order chi connectivity index (χ0) is 14.8. The second kappa shape index (κ2) is 5.46. The van der Waals surface area contributed by atoms with Gasteiger partial charge in [-0.3, -0.25) is 14.9 Å². The van der Waals surface area contributed by atoms with Crippen LogP contribution in [-0.4, -0.2) is 22.5 Å². The molecule has 1 aromatic carbocycles. The number of nitro groups is 1. The molecule has 7 nitrogen and oxygen atoms in total. The van der Waals surface area contributed by atoms with Crippen molar-refractivity contribution in [1.29, 1.82) is 0 Å². The van der Waals surface area contributed by atoms with Crippen molar-refractivity contribution >= 4 is 17.3 Å². The molecule has 1 amide bonds. The highest BCUT2D eigenvalue weighted by Crippen LogP contribution is 2.39. The number of phenolic OH excluding ortho intramolecular Hbond substituents is 1. The van der Waals surface area contributed by atoms with E-state index in [0.29, 0.717) is 12.8 Å². The number of carbonyl (C=O) groups excluding carboxylic acids is 1. The van der Waals surface area contributed by atoms with Crippen LogP contribution in [0.1, 0.15) is 25.7 Å². The fraction of sp³-hybridized carbons (Fsp3) is 0.462. The minimum Gasteiger partial charge on any atom is -0.508 e. The number of rotatable bonds is 4. The van der Waals surface area contributed by atoms with Gasteiger partial charge in [-0.05, 0) is 25.0 Å². The largest absolute Gasteiger partial charge is 0.508 e. The molecule has 1 saturated carbocycles. The van der Waals surface area contributed by atoms with Gasteiger partial charge < -0.3 is 16.2 Å². The Morgan fingerprint density at radius 1 is 1.45 bits per heavy atom. The van der Waals surface area contributed by atoms with Crippen LogP contribution < -0.4 is 11.1 Å². The number of benzene rings is 1. The number of nitrogens with one attached hydrogen (secondary N) is 1. The van der Waals surface area contributed by atoms with E-state index in [1.807, 2.05) is 0 Å². The van der Waals surface area contributed by atoms with Crippen LogP contribution in [0.25, 0.3) is 0 Å². The first-order chi connectivity index (χ1) is 9.48. The van der Waals surface area contributed by atoms with Gasteiger partial charge in [-0.2, -0.15) is 0 Å². The van der Waals surface area contributed by atoms with Crippen molar-refractivity contribution in [3.8, 4) is 5.75 Å². The van der Waals surface area contributed by atoms with Crippen LogP contribution >= 0.6 is 0 Å². The molecular formula is C13H17N3O4. The van der Waals surface area contributed by atoms with Crippen molar-refractivity contribution in [2.45, 2.75) is 25.7 Å². The lowest BCUT2D eigenvalue weighted by atomic mass is 9.85. The number of carbonyl (C=O) groups is 1. The summed E-state index contributed by atoms with van der Waals surface area (Å²) in [7, 11) is 0. The Morgan fingerprint density at radius 3 is 2.65 bits per heavy atom. The van der Waals surface area contributed by atoms with Gasteiger partial charge in [-0.25, -0.2) is 0 Å². The van der Waals surface area contributed by atoms with E-state index in [1.165, 1.54) is 12.1 Å². The number of hydrogen-bond donors (Lipinski definition) is 3. The molecule has 0 unspecified atom stereocenters. The Bertz CT molecular complexity index is 538. The molecule has 0 aromatic heterocycles. The summed E-state index contributed by atoms with van der Waals surface area (Å²) in [5.41, 5.74) is 4.83. The van der Waals surface area contributed by atoms with Crippen LogP contribution in [0.3, 0.4) is 0 Å². The molecule has 0 bridgehead atoms. The third-order valence-electron chi connectivity index (χ3n) is 3.86. The van der Waals surface area contributed by atoms with E-state index < -0.39 is 10.3 Å². The number of hydrogen-bond acceptors (Lipinski definition) is 5. The number of nitrogens with two attached hydrogens (primary N) is 1. The minimum atomic E-state index is -0.640. The predicted molar refractivity (Wildman–Crippen MR) is 73.3 cm³/mol. The van der Waals surface area contributed by atoms with Crippen LogP contribution in [0.5, 0.6) is 5.75 Å². The van der Waals surface area contributed by atoms with Crippen LogP contribution in [-0.2, 0) is 4.79 Å². The molecule has 0 aliphatic heterocycles. The van der Waals surface area contributed by atoms with Gasteiger partial charge in [0.2, 0.25) is 5.91 Å². The Hall–Kier alpha value is -2.15. The molecule has 20 heavy (non-hydrogen) atoms. The summed E-state index contributed by atoms with van der Waals surface area (Å²) < 4.78 is 0. The molecule has 1 aliphatic carbocycles. The Balaban J connectivity index is 2.25. The highest BCUT2D eigenvalue weighted by molar-refractivity contribution is 5.97. The number of nitro benzene ring substituents is 1. The third kappa shape index (κ3) is 2.57. The number of amides is 1. The van der Waals surface area contributed by atoms with Crippen LogP contribution in [0.15, 0.2) is 18.2 Å². The lowest BCUT2D eigenvalue weighted by molar-refractivity contribution is -0.384. The Morgan fingerprint density at radius 2 is 2.10 bits per heavy atom. The summed E-state index contributed by atoms with van der Waals surface area (Å²) in [5, 5.41) is 22.8. The average Bonchev–Trinajstić information content (AvgIpc) is 2.90. The van der Waals surface area contributed by atoms with Crippen molar-refractivity contribution in [3.05, 3.63) is 28.3 Å². The van der Waals surface area contributed by atoms with Crippen molar-refractivity contribution in [2.75, 3.05) is 11.9 Å². The van der Waals surface area contributed by atoms with Gasteiger partial charge in [0.05, 0.1) is 16.4 Å². The van der Waals surface area contributed by atoms with E-state index in [9.17, 15) is 20.0 Å². The fourth-order valence-corrected chi connectivity index (χ4v) is 2.61. The topological polar surface area (TPSA) is 118 Å². The molecule has 4 N–H and O–H groups in total. The summed E-state index contributed by atoms with van der Waals surface area (Å²) in [5.74, 6) is -0.504. The van der Waals surface area contributed by atoms with Crippen molar-refractivity contribution in [1.82, 2.24) is 0 Å². The van der Waals surface area contributed by atoms with Gasteiger partial charge in [0.1, 0.15) is 11.4 Å². The minimum absolute atomic E-state index is 0.0810. The SMILES string of the molecule is NCC1(C(=O)Nc2ccc(O)cc2[N+](=O)[O-])CCCC1. The molecule has 0 radical (unpaired) electrons. The first-order valence-corrected chi connectivity index (χ1v) is 6.47. The Labute approximate surface area is 115 Å².